The van der Waals surface area contributed by atoms with E-state index in [0.717, 1.165) is 48.5 Å². The van der Waals surface area contributed by atoms with Crippen molar-refractivity contribution in [3.05, 3.63) is 144 Å². The van der Waals surface area contributed by atoms with Crippen LogP contribution in [0.3, 0.4) is 0 Å². The second-order valence-corrected chi connectivity index (χ2v) is 10.6. The normalized spacial score (nSPS) is 29.9. The number of hydrogen-bond donors (Lipinski definition) is 6. The molecular weight excluding hydrogens is 568 g/mol. The fraction of sp³-hybridized carbons (Fsp3) is 0.176. The van der Waals surface area contributed by atoms with Gasteiger partial charge in [0, 0.05) is 22.3 Å². The maximum atomic E-state index is 14.4. The van der Waals surface area contributed by atoms with E-state index >= 15 is 0 Å². The van der Waals surface area contributed by atoms with Crippen molar-refractivity contribution in [3.8, 4) is 0 Å². The minimum atomic E-state index is -4.21. The van der Waals surface area contributed by atoms with Crippen molar-refractivity contribution < 1.29 is 49.8 Å². The van der Waals surface area contributed by atoms with Gasteiger partial charge in [0.2, 0.25) is 34.3 Å². The Morgan fingerprint density at radius 2 is 0.591 bits per heavy atom. The molecule has 4 aromatic carbocycles. The first kappa shape index (κ1) is 30.8. The van der Waals surface area contributed by atoms with Gasteiger partial charge in [-0.05, 0) is 0 Å². The summed E-state index contributed by atoms with van der Waals surface area (Å²) in [4.78, 5) is 57.1. The third-order valence-electron chi connectivity index (χ3n) is 8.28. The Labute approximate surface area is 251 Å². The zero-order valence-corrected chi connectivity index (χ0v) is 23.0. The molecule has 1 fully saturated rings. The van der Waals surface area contributed by atoms with Gasteiger partial charge in [-0.1, -0.05) is 121 Å². The summed E-state index contributed by atoms with van der Waals surface area (Å²) in [6.07, 6.45) is -6.04. The quantitative estimate of drug-likeness (QED) is 0.161. The van der Waals surface area contributed by atoms with Gasteiger partial charge >= 0.3 is 0 Å². The summed E-state index contributed by atoms with van der Waals surface area (Å²) in [7, 11) is 0. The van der Waals surface area contributed by atoms with Crippen molar-refractivity contribution >= 4 is 23.1 Å². The summed E-state index contributed by atoms with van der Waals surface area (Å²) in [6.45, 7) is 0. The third-order valence-corrected chi connectivity index (χ3v) is 8.28. The fourth-order valence-corrected chi connectivity index (χ4v) is 5.92. The Bertz CT molecular complexity index is 1580. The lowest BCUT2D eigenvalue weighted by atomic mass is 9.47. The first-order chi connectivity index (χ1) is 20.9. The maximum Gasteiger partial charge on any atom is 0.206 e. The van der Waals surface area contributed by atoms with E-state index in [1.54, 1.807) is 0 Å². The van der Waals surface area contributed by atoms with Crippen LogP contribution in [0.5, 0.6) is 0 Å². The molecule has 0 aliphatic heterocycles. The Balaban J connectivity index is 1.93. The van der Waals surface area contributed by atoms with Crippen molar-refractivity contribution in [1.82, 2.24) is 0 Å². The Morgan fingerprint density at radius 3 is 0.818 bits per heavy atom. The van der Waals surface area contributed by atoms with Gasteiger partial charge < -0.3 is 30.6 Å². The van der Waals surface area contributed by atoms with E-state index in [0.29, 0.717) is 0 Å². The molecule has 4 aromatic rings. The Hall–Kier alpha value is -4.68. The van der Waals surface area contributed by atoms with E-state index < -0.39 is 80.0 Å². The maximum absolute atomic E-state index is 14.4. The average molecular weight is 597 g/mol. The Kier molecular flexibility index (Phi) is 7.77. The molecule has 0 saturated heterocycles. The number of Topliss-reactive ketones (excluding diaryl/α,β-unsaturated/α-hetero) is 4. The van der Waals surface area contributed by atoms with E-state index in [4.69, 9.17) is 0 Å². The van der Waals surface area contributed by atoms with Gasteiger partial charge in [0.1, 0.15) is 12.2 Å². The summed E-state index contributed by atoms with van der Waals surface area (Å²) in [6, 6.07) is 25.8. The van der Waals surface area contributed by atoms with Crippen LogP contribution in [0.1, 0.15) is 41.4 Å². The highest BCUT2D eigenvalue weighted by molar-refractivity contribution is 6.22. The van der Waals surface area contributed by atoms with Gasteiger partial charge in [0.25, 0.3) is 0 Å². The highest BCUT2D eigenvalue weighted by Gasteiger charge is 2.87. The number of rotatable bonds is 8. The van der Waals surface area contributed by atoms with Crippen molar-refractivity contribution in [2.24, 2.45) is 0 Å². The van der Waals surface area contributed by atoms with Crippen LogP contribution in [-0.4, -0.2) is 88.4 Å². The minimum absolute atomic E-state index is 0.408. The standard InChI is InChI=1S/C34H28O10/c35-25(21-13-5-1-6-14-21)31(41)29(39)30(40)32(42,26(36)22-15-7-2-8-16-22)34(44,28(38)24-19-11-4-12-20-24)33(31,43)27(37)23-17-9-3-10-18-23/h1-20,29-30,39-44H/t29-,30+,31-,32-,33-,34-/m0/s1. The zero-order valence-electron chi connectivity index (χ0n) is 23.0. The summed E-state index contributed by atoms with van der Waals surface area (Å²) >= 11 is 0. The monoisotopic (exact) mass is 596 g/mol. The molecule has 1 aliphatic rings. The number of hydrogen-bond acceptors (Lipinski definition) is 10. The molecule has 0 bridgehead atoms. The highest BCUT2D eigenvalue weighted by atomic mass is 16.5. The lowest BCUT2D eigenvalue weighted by Crippen LogP contribution is -2.93. The van der Waals surface area contributed by atoms with Gasteiger partial charge in [-0.25, -0.2) is 0 Å². The molecule has 0 amide bonds. The van der Waals surface area contributed by atoms with Crippen LogP contribution in [0.15, 0.2) is 121 Å². The summed E-state index contributed by atoms with van der Waals surface area (Å²) in [5, 5.41) is 72.8. The molecule has 6 N–H and O–H groups in total. The molecule has 0 aromatic heterocycles. The van der Waals surface area contributed by atoms with Crippen molar-refractivity contribution in [2.75, 3.05) is 0 Å². The molecule has 0 spiro atoms. The molecule has 10 nitrogen and oxygen atoms in total. The molecule has 224 valence electrons. The minimum Gasteiger partial charge on any atom is -0.387 e. The van der Waals surface area contributed by atoms with Gasteiger partial charge in [0.15, 0.2) is 11.2 Å². The van der Waals surface area contributed by atoms with Crippen molar-refractivity contribution in [1.29, 1.82) is 0 Å². The number of aliphatic hydroxyl groups excluding tert-OH is 2. The largest absolute Gasteiger partial charge is 0.387 e. The lowest BCUT2D eigenvalue weighted by Gasteiger charge is -2.61. The van der Waals surface area contributed by atoms with Gasteiger partial charge in [-0.15, -0.1) is 0 Å². The molecule has 0 unspecified atom stereocenters. The zero-order chi connectivity index (χ0) is 31.9. The third kappa shape index (κ3) is 4.05. The fourth-order valence-electron chi connectivity index (χ4n) is 5.92. The van der Waals surface area contributed by atoms with Crippen LogP contribution >= 0.6 is 0 Å². The van der Waals surface area contributed by atoms with Crippen LogP contribution in [-0.2, 0) is 0 Å². The first-order valence-electron chi connectivity index (χ1n) is 13.5. The Morgan fingerprint density at radius 1 is 0.386 bits per heavy atom. The molecule has 5 rings (SSSR count). The second-order valence-electron chi connectivity index (χ2n) is 10.6. The van der Waals surface area contributed by atoms with Crippen LogP contribution in [0.25, 0.3) is 0 Å². The number of benzene rings is 4. The first-order valence-corrected chi connectivity index (χ1v) is 13.5. The van der Waals surface area contributed by atoms with Gasteiger partial charge in [-0.3, -0.25) is 19.2 Å². The van der Waals surface area contributed by atoms with Crippen molar-refractivity contribution in [2.45, 2.75) is 34.6 Å². The summed E-state index contributed by atoms with van der Waals surface area (Å²) in [5.41, 5.74) is -18.0. The highest BCUT2D eigenvalue weighted by Crippen LogP contribution is 2.54. The molecule has 10 heteroatoms. The van der Waals surface area contributed by atoms with Gasteiger partial charge in [0.05, 0.1) is 0 Å². The molecule has 0 heterocycles. The molecular formula is C34H28O10. The molecule has 1 saturated carbocycles. The molecule has 1 aliphatic carbocycles. The van der Waals surface area contributed by atoms with E-state index in [2.05, 4.69) is 0 Å². The molecule has 0 radical (unpaired) electrons. The van der Waals surface area contributed by atoms with Crippen LogP contribution in [0.4, 0.5) is 0 Å². The predicted molar refractivity (Wildman–Crippen MR) is 155 cm³/mol. The summed E-state index contributed by atoms with van der Waals surface area (Å²) < 4.78 is 0. The van der Waals surface area contributed by atoms with E-state index in [9.17, 15) is 49.8 Å². The average Bonchev–Trinajstić information content (AvgIpc) is 3.09. The summed E-state index contributed by atoms with van der Waals surface area (Å²) in [5.74, 6) is -6.60. The molecule has 6 atom stereocenters. The van der Waals surface area contributed by atoms with Crippen molar-refractivity contribution in [3.63, 3.8) is 0 Å². The number of aliphatic hydroxyl groups is 6. The number of carbonyl (C=O) groups is 4. The number of carbonyl (C=O) groups excluding carboxylic acids is 4. The lowest BCUT2D eigenvalue weighted by molar-refractivity contribution is -0.316. The smallest absolute Gasteiger partial charge is 0.206 e. The van der Waals surface area contributed by atoms with E-state index in [1.165, 1.54) is 72.8 Å². The van der Waals surface area contributed by atoms with Crippen LogP contribution in [0.2, 0.25) is 0 Å². The van der Waals surface area contributed by atoms with Crippen LogP contribution < -0.4 is 0 Å². The van der Waals surface area contributed by atoms with Gasteiger partial charge in [-0.2, -0.15) is 0 Å². The number of ketones is 4. The topological polar surface area (TPSA) is 190 Å². The van der Waals surface area contributed by atoms with Crippen LogP contribution in [0, 0.1) is 0 Å². The van der Waals surface area contributed by atoms with E-state index in [1.807, 2.05) is 0 Å². The SMILES string of the molecule is O=C(c1ccccc1)[C@@]1(O)[C@](O)(C(=O)c2ccccc2)[C@](O)(C(=O)c2ccccc2)[C@@H](O)[C@@H](O)[C@@]1(O)C(=O)c1ccccc1. The van der Waals surface area contributed by atoms with E-state index in [-0.39, 0.29) is 0 Å². The molecule has 44 heavy (non-hydrogen) atoms. The second kappa shape index (κ2) is 11.1. The predicted octanol–water partition coefficient (Wildman–Crippen LogP) is 1.18.